The second kappa shape index (κ2) is 27.4. The summed E-state index contributed by atoms with van der Waals surface area (Å²) in [6.07, 6.45) is 1.52. The third-order valence-corrected chi connectivity index (χ3v) is 18.9. The van der Waals surface area contributed by atoms with E-state index in [1.807, 2.05) is 163 Å². The number of para-hydroxylation sites is 4. The van der Waals surface area contributed by atoms with Crippen molar-refractivity contribution in [2.45, 2.75) is 37.4 Å². The Bertz CT molecular complexity index is 4780. The molecule has 0 saturated carbocycles. The number of hydrogen-bond donors (Lipinski definition) is 6. The molecule has 6 N–H and O–H groups in total. The molecular weight excluding hydrogens is 1200 g/mol. The molecule has 474 valence electrons. The summed E-state index contributed by atoms with van der Waals surface area (Å²) in [6.45, 7) is 2.33. The summed E-state index contributed by atoms with van der Waals surface area (Å²) in [7, 11) is 0. The van der Waals surface area contributed by atoms with Crippen LogP contribution < -0.4 is 36.8 Å². The second-order valence-corrected chi connectivity index (χ2v) is 24.8. The Morgan fingerprint density at radius 1 is 0.299 bits per heavy atom. The van der Waals surface area contributed by atoms with E-state index >= 15 is 0 Å². The zero-order chi connectivity index (χ0) is 65.6. The molecule has 97 heavy (non-hydrogen) atoms. The first-order chi connectivity index (χ1) is 47.7. The van der Waals surface area contributed by atoms with Gasteiger partial charge in [-0.3, -0.25) is 19.2 Å². The lowest BCUT2D eigenvalue weighted by molar-refractivity contribution is 0.0669. The summed E-state index contributed by atoms with van der Waals surface area (Å²) in [5.74, 6) is 0.0539. The molecule has 12 heteroatoms. The molecule has 12 aromatic carbocycles. The Balaban J connectivity index is 0.000000106. The van der Waals surface area contributed by atoms with E-state index in [-0.39, 0.29) is 48.2 Å². The summed E-state index contributed by atoms with van der Waals surface area (Å²) in [4.78, 5) is 54.2. The first kappa shape index (κ1) is 60.9. The standard InChI is InChI=1S/2C22H18N2O.C21H18N2O.C20H16N2O/c25-22-19-8-4-5-9-20(19)24-13-12-17-14-16(15-6-2-1-3-7-15)10-11-18(17)21(24)23-22;25-22-19-8-4-5-9-20(19)23-21-18-11-10-16(15-6-2-1-3-7-15)14-17(18)12-13-24(21)22;24-21-18-8-4-5-9-19(18)22-14-20(23-21)17-12-10-16(11-13-17)15-6-2-1-3-7-15;23-20-17-8-4-5-9-18(17)21-19(22-20)16-12-10-15(11-13-16)14-6-2-1-3-7-14/h1-11,14,21H,12-13H2,(H,23,25);1-11,14,21,23H,12-13H2;1-13,20,22H,14H2,(H,23,24);1-13,19,21H,(H,22,23)/t;;;19-/m...0/s1. The molecule has 4 amide bonds. The number of anilines is 4. The van der Waals surface area contributed by atoms with E-state index in [9.17, 15) is 19.2 Å². The number of benzene rings is 12. The molecule has 0 aliphatic carbocycles. The molecule has 0 bridgehead atoms. The number of fused-ring (bicyclic) bond motifs is 11. The zero-order valence-corrected chi connectivity index (χ0v) is 53.2. The van der Waals surface area contributed by atoms with Crippen molar-refractivity contribution >= 4 is 46.4 Å². The summed E-state index contributed by atoms with van der Waals surface area (Å²) >= 11 is 0. The van der Waals surface area contributed by atoms with Crippen molar-refractivity contribution in [3.05, 3.63) is 359 Å². The molecule has 12 aromatic rings. The molecule has 0 spiro atoms. The molecule has 0 fully saturated rings. The summed E-state index contributed by atoms with van der Waals surface area (Å²) in [5, 5.41) is 19.6. The van der Waals surface area contributed by atoms with E-state index in [0.29, 0.717) is 17.7 Å². The predicted octanol–water partition coefficient (Wildman–Crippen LogP) is 17.1. The van der Waals surface area contributed by atoms with Crippen LogP contribution >= 0.6 is 0 Å². The largest absolute Gasteiger partial charge is 0.382 e. The Morgan fingerprint density at radius 2 is 0.691 bits per heavy atom. The third-order valence-electron chi connectivity index (χ3n) is 18.9. The molecule has 18 rings (SSSR count). The van der Waals surface area contributed by atoms with E-state index in [1.54, 1.807) is 0 Å². The van der Waals surface area contributed by atoms with Crippen molar-refractivity contribution in [2.75, 3.05) is 40.5 Å². The Hall–Kier alpha value is -12.3. The van der Waals surface area contributed by atoms with Gasteiger partial charge in [0.15, 0.2) is 0 Å². The second-order valence-electron chi connectivity index (χ2n) is 24.8. The van der Waals surface area contributed by atoms with Crippen LogP contribution in [0.1, 0.15) is 99.4 Å². The Morgan fingerprint density at radius 3 is 1.25 bits per heavy atom. The minimum Gasteiger partial charge on any atom is -0.382 e. The number of nitrogens with one attached hydrogen (secondary N) is 6. The molecule has 0 saturated heterocycles. The smallest absolute Gasteiger partial charge is 0.257 e. The first-order valence-corrected chi connectivity index (χ1v) is 33.1. The minimum absolute atomic E-state index is 0.0110. The zero-order valence-electron chi connectivity index (χ0n) is 53.2. The van der Waals surface area contributed by atoms with Crippen LogP contribution in [0.5, 0.6) is 0 Å². The van der Waals surface area contributed by atoms with Gasteiger partial charge < -0.3 is 41.7 Å². The van der Waals surface area contributed by atoms with Crippen LogP contribution in [-0.4, -0.2) is 48.2 Å². The van der Waals surface area contributed by atoms with Crippen LogP contribution in [0, 0.1) is 0 Å². The van der Waals surface area contributed by atoms with Crippen LogP contribution in [0.4, 0.5) is 22.7 Å². The van der Waals surface area contributed by atoms with Gasteiger partial charge >= 0.3 is 0 Å². The molecular formula is C85H70N8O4. The molecule has 0 aromatic heterocycles. The number of carbonyl (C=O) groups excluding carboxylic acids is 4. The maximum absolute atomic E-state index is 12.8. The van der Waals surface area contributed by atoms with Crippen molar-refractivity contribution in [3.8, 4) is 44.5 Å². The van der Waals surface area contributed by atoms with E-state index < -0.39 is 0 Å². The van der Waals surface area contributed by atoms with Crippen LogP contribution in [0.25, 0.3) is 44.5 Å². The molecule has 6 aliphatic rings. The topological polar surface area (TPSA) is 147 Å². The fraction of sp³-hybridized carbons (Fsp3) is 0.106. The molecule has 12 nitrogen and oxygen atoms in total. The van der Waals surface area contributed by atoms with Gasteiger partial charge in [-0.1, -0.05) is 255 Å². The average molecular weight is 1270 g/mol. The fourth-order valence-electron chi connectivity index (χ4n) is 13.8. The highest BCUT2D eigenvalue weighted by Gasteiger charge is 2.38. The van der Waals surface area contributed by atoms with Gasteiger partial charge in [0.2, 0.25) is 0 Å². The third kappa shape index (κ3) is 12.8. The SMILES string of the molecule is O=C1NC(c2ccc(-c3ccccc3)cc2)CNc2ccccc21.O=C1NC2c3ccc(-c4ccccc4)cc3CCN2c2ccccc21.O=C1N[C@@H](c2ccc(-c3ccccc3)cc2)Nc2ccccc21.O=C1c2ccccc2NC2c3ccc(-c4ccccc4)cc3CCN12. The number of carbonyl (C=O) groups is 4. The van der Waals surface area contributed by atoms with Crippen molar-refractivity contribution in [2.24, 2.45) is 0 Å². The molecule has 3 unspecified atom stereocenters. The Labute approximate surface area is 564 Å². The lowest BCUT2D eigenvalue weighted by Crippen LogP contribution is -2.49. The van der Waals surface area contributed by atoms with Gasteiger partial charge in [-0.05, 0) is 139 Å². The van der Waals surface area contributed by atoms with Gasteiger partial charge in [-0.25, -0.2) is 0 Å². The first-order valence-electron chi connectivity index (χ1n) is 33.1. The van der Waals surface area contributed by atoms with Crippen LogP contribution in [0.15, 0.2) is 303 Å². The fourth-order valence-corrected chi connectivity index (χ4v) is 13.8. The molecule has 6 aliphatic heterocycles. The lowest BCUT2D eigenvalue weighted by atomic mass is 9.90. The number of amides is 4. The monoisotopic (exact) mass is 1270 g/mol. The number of nitrogens with zero attached hydrogens (tertiary/aromatic N) is 2. The highest BCUT2D eigenvalue weighted by atomic mass is 16.2. The summed E-state index contributed by atoms with van der Waals surface area (Å²) in [5.41, 5.74) is 23.5. The van der Waals surface area contributed by atoms with E-state index in [2.05, 4.69) is 182 Å². The maximum atomic E-state index is 12.8. The lowest BCUT2D eigenvalue weighted by Gasteiger charge is -2.43. The van der Waals surface area contributed by atoms with Gasteiger partial charge in [-0.2, -0.15) is 0 Å². The normalized spacial score (nSPS) is 17.2. The van der Waals surface area contributed by atoms with Crippen LogP contribution in [-0.2, 0) is 12.8 Å². The molecule has 4 atom stereocenters. The van der Waals surface area contributed by atoms with Crippen LogP contribution in [0.2, 0.25) is 0 Å². The van der Waals surface area contributed by atoms with E-state index in [4.69, 9.17) is 0 Å². The van der Waals surface area contributed by atoms with Crippen molar-refractivity contribution in [1.29, 1.82) is 0 Å². The highest BCUT2D eigenvalue weighted by molar-refractivity contribution is 6.04. The summed E-state index contributed by atoms with van der Waals surface area (Å²) < 4.78 is 0. The number of hydrogen-bond acceptors (Lipinski definition) is 8. The maximum Gasteiger partial charge on any atom is 0.257 e. The average Bonchev–Trinajstić information content (AvgIpc) is 1.04. The van der Waals surface area contributed by atoms with Crippen molar-refractivity contribution in [3.63, 3.8) is 0 Å². The van der Waals surface area contributed by atoms with Gasteiger partial charge in [0.1, 0.15) is 18.5 Å². The van der Waals surface area contributed by atoms with Crippen molar-refractivity contribution < 1.29 is 19.2 Å². The summed E-state index contributed by atoms with van der Waals surface area (Å²) in [6, 6.07) is 102. The minimum atomic E-state index is -0.206. The van der Waals surface area contributed by atoms with Gasteiger partial charge in [0.05, 0.1) is 34.0 Å². The number of rotatable bonds is 6. The Kier molecular flexibility index (Phi) is 17.2. The predicted molar refractivity (Wildman–Crippen MR) is 388 cm³/mol. The van der Waals surface area contributed by atoms with Gasteiger partial charge in [0.25, 0.3) is 23.6 Å². The molecule has 0 radical (unpaired) electrons. The highest BCUT2D eigenvalue weighted by Crippen LogP contribution is 2.41. The van der Waals surface area contributed by atoms with Crippen molar-refractivity contribution in [1.82, 2.24) is 20.9 Å². The van der Waals surface area contributed by atoms with Crippen LogP contribution in [0.3, 0.4) is 0 Å². The van der Waals surface area contributed by atoms with E-state index in [0.717, 1.165) is 76.5 Å². The van der Waals surface area contributed by atoms with Gasteiger partial charge in [-0.15, -0.1) is 0 Å². The van der Waals surface area contributed by atoms with Gasteiger partial charge in [0, 0.05) is 36.7 Å². The molecule has 6 heterocycles. The van der Waals surface area contributed by atoms with E-state index in [1.165, 1.54) is 61.2 Å². The quantitative estimate of drug-likeness (QED) is 0.0965.